The summed E-state index contributed by atoms with van der Waals surface area (Å²) in [4.78, 5) is 5.25. The molecule has 1 aliphatic rings. The highest BCUT2D eigenvalue weighted by Gasteiger charge is 2.24. The normalized spacial score (nSPS) is 16.2. The second-order valence-electron chi connectivity index (χ2n) is 9.70. The Bertz CT molecular complexity index is 379. The highest BCUT2D eigenvalue weighted by atomic mass is 15.4. The lowest BCUT2D eigenvalue weighted by Crippen LogP contribution is -2.39. The van der Waals surface area contributed by atoms with Crippen LogP contribution in [0.5, 0.6) is 0 Å². The van der Waals surface area contributed by atoms with Gasteiger partial charge in [0.05, 0.1) is 0 Å². The Balaban J connectivity index is 2.03. The molecule has 1 unspecified atom stereocenters. The minimum absolute atomic E-state index is 0.643. The van der Waals surface area contributed by atoms with Gasteiger partial charge in [-0.25, -0.2) is 0 Å². The number of hydrogen-bond donors (Lipinski definition) is 0. The molecule has 0 saturated heterocycles. The fourth-order valence-corrected chi connectivity index (χ4v) is 4.84. The van der Waals surface area contributed by atoms with Gasteiger partial charge in [0.15, 0.2) is 0 Å². The lowest BCUT2D eigenvalue weighted by Gasteiger charge is -2.33. The van der Waals surface area contributed by atoms with E-state index in [0.717, 1.165) is 0 Å². The smallest absolute Gasteiger partial charge is 0.101 e. The molecule has 0 bridgehead atoms. The van der Waals surface area contributed by atoms with Crippen molar-refractivity contribution in [2.45, 2.75) is 155 Å². The fraction of sp³-hybridized carbons (Fsp3) is 0.929. The van der Waals surface area contributed by atoms with Crippen LogP contribution in [0.15, 0.2) is 12.4 Å². The summed E-state index contributed by atoms with van der Waals surface area (Å²) in [6, 6.07) is 0. The molecule has 0 fully saturated rings. The molecule has 0 spiro atoms. The summed E-state index contributed by atoms with van der Waals surface area (Å²) in [6.45, 7) is 9.39. The molecule has 30 heavy (non-hydrogen) atoms. The molecule has 178 valence electrons. The van der Waals surface area contributed by atoms with Gasteiger partial charge in [-0.05, 0) is 25.7 Å². The van der Waals surface area contributed by atoms with Crippen LogP contribution in [0.4, 0.5) is 0 Å². The maximum atomic E-state index is 2.65. The van der Waals surface area contributed by atoms with Crippen molar-refractivity contribution in [3.63, 3.8) is 0 Å². The minimum atomic E-state index is 0.643. The molecular formula is C28H56N2. The Morgan fingerprint density at radius 3 is 1.30 bits per heavy atom. The van der Waals surface area contributed by atoms with Crippen LogP contribution in [0.1, 0.15) is 149 Å². The lowest BCUT2D eigenvalue weighted by atomic mass is 10.0. The zero-order valence-corrected chi connectivity index (χ0v) is 21.2. The standard InChI is InChI=1S/C28H56N2/c1-4-7-9-11-12-13-14-15-16-17-18-20-22-25-30-27-26-29(24-6-3)28(30)23-21-19-10-8-5-2/h26-28H,4-25H2,1-3H3. The third kappa shape index (κ3) is 13.6. The molecular weight excluding hydrogens is 364 g/mol. The molecule has 0 radical (unpaired) electrons. The highest BCUT2D eigenvalue weighted by molar-refractivity contribution is 4.96. The third-order valence-electron chi connectivity index (χ3n) is 6.78. The van der Waals surface area contributed by atoms with Crippen molar-refractivity contribution < 1.29 is 0 Å². The zero-order chi connectivity index (χ0) is 21.7. The van der Waals surface area contributed by atoms with Gasteiger partial charge in [-0.3, -0.25) is 0 Å². The van der Waals surface area contributed by atoms with Crippen LogP contribution in [-0.4, -0.2) is 29.1 Å². The van der Waals surface area contributed by atoms with E-state index in [9.17, 15) is 0 Å². The van der Waals surface area contributed by atoms with E-state index in [1.54, 1.807) is 0 Å². The number of rotatable bonds is 22. The van der Waals surface area contributed by atoms with Crippen molar-refractivity contribution in [3.8, 4) is 0 Å². The molecule has 0 aromatic heterocycles. The number of unbranched alkanes of at least 4 members (excludes halogenated alkanes) is 16. The lowest BCUT2D eigenvalue weighted by molar-refractivity contribution is 0.137. The average molecular weight is 421 g/mol. The van der Waals surface area contributed by atoms with Gasteiger partial charge in [-0.2, -0.15) is 0 Å². The van der Waals surface area contributed by atoms with Crippen LogP contribution in [0.3, 0.4) is 0 Å². The third-order valence-corrected chi connectivity index (χ3v) is 6.78. The number of nitrogens with zero attached hydrogens (tertiary/aromatic N) is 2. The van der Waals surface area contributed by atoms with Crippen molar-refractivity contribution in [2.24, 2.45) is 0 Å². The first-order valence-corrected chi connectivity index (χ1v) is 14.0. The van der Waals surface area contributed by atoms with E-state index in [0.29, 0.717) is 6.17 Å². The summed E-state index contributed by atoms with van der Waals surface area (Å²) >= 11 is 0. The van der Waals surface area contributed by atoms with Gasteiger partial charge in [0.2, 0.25) is 0 Å². The van der Waals surface area contributed by atoms with Crippen molar-refractivity contribution in [3.05, 3.63) is 12.4 Å². The molecule has 1 rings (SSSR count). The first-order chi connectivity index (χ1) is 14.8. The fourth-order valence-electron chi connectivity index (χ4n) is 4.84. The second-order valence-corrected chi connectivity index (χ2v) is 9.70. The number of hydrogen-bond acceptors (Lipinski definition) is 2. The Kier molecular flexibility index (Phi) is 18.5. The topological polar surface area (TPSA) is 6.48 Å². The van der Waals surface area contributed by atoms with Crippen LogP contribution >= 0.6 is 0 Å². The summed E-state index contributed by atoms with van der Waals surface area (Å²) < 4.78 is 0. The average Bonchev–Trinajstić information content (AvgIpc) is 3.13. The highest BCUT2D eigenvalue weighted by Crippen LogP contribution is 2.23. The van der Waals surface area contributed by atoms with E-state index >= 15 is 0 Å². The maximum absolute atomic E-state index is 2.65. The van der Waals surface area contributed by atoms with Gasteiger partial charge in [-0.1, -0.05) is 124 Å². The van der Waals surface area contributed by atoms with Gasteiger partial charge >= 0.3 is 0 Å². The molecule has 1 aliphatic heterocycles. The summed E-state index contributed by atoms with van der Waals surface area (Å²) in [7, 11) is 0. The van der Waals surface area contributed by atoms with Crippen LogP contribution in [0, 0.1) is 0 Å². The zero-order valence-electron chi connectivity index (χ0n) is 21.2. The Hall–Kier alpha value is -0.660. The van der Waals surface area contributed by atoms with Crippen molar-refractivity contribution in [1.29, 1.82) is 0 Å². The predicted molar refractivity (Wildman–Crippen MR) is 136 cm³/mol. The monoisotopic (exact) mass is 420 g/mol. The van der Waals surface area contributed by atoms with E-state index in [4.69, 9.17) is 0 Å². The van der Waals surface area contributed by atoms with Gasteiger partial charge in [-0.15, -0.1) is 0 Å². The summed E-state index contributed by atoms with van der Waals surface area (Å²) in [6.07, 6.45) is 33.7. The molecule has 0 saturated carbocycles. The molecule has 0 N–H and O–H groups in total. The Morgan fingerprint density at radius 2 is 0.833 bits per heavy atom. The van der Waals surface area contributed by atoms with Gasteiger partial charge < -0.3 is 9.80 Å². The first-order valence-electron chi connectivity index (χ1n) is 14.0. The Morgan fingerprint density at radius 1 is 0.433 bits per heavy atom. The SMILES string of the molecule is CCCCCCCCCCCCCCCN1C=CN(CCC)C1CCCCCCC. The molecule has 0 aromatic carbocycles. The summed E-state index contributed by atoms with van der Waals surface area (Å²) in [5, 5.41) is 0. The molecule has 0 aromatic rings. The van der Waals surface area contributed by atoms with E-state index in [1.165, 1.54) is 142 Å². The Labute approximate surface area is 190 Å². The molecule has 2 nitrogen and oxygen atoms in total. The minimum Gasteiger partial charge on any atom is -0.356 e. The van der Waals surface area contributed by atoms with Gasteiger partial charge in [0.25, 0.3) is 0 Å². The summed E-state index contributed by atoms with van der Waals surface area (Å²) in [5.74, 6) is 0. The van der Waals surface area contributed by atoms with Gasteiger partial charge in [0, 0.05) is 25.5 Å². The van der Waals surface area contributed by atoms with Crippen molar-refractivity contribution in [2.75, 3.05) is 13.1 Å². The predicted octanol–water partition coefficient (Wildman–Crippen LogP) is 9.26. The van der Waals surface area contributed by atoms with Crippen LogP contribution in [0.2, 0.25) is 0 Å². The van der Waals surface area contributed by atoms with Crippen LogP contribution < -0.4 is 0 Å². The van der Waals surface area contributed by atoms with Crippen molar-refractivity contribution >= 4 is 0 Å². The maximum Gasteiger partial charge on any atom is 0.101 e. The summed E-state index contributed by atoms with van der Waals surface area (Å²) in [5.41, 5.74) is 0. The molecule has 1 heterocycles. The van der Waals surface area contributed by atoms with E-state index in [2.05, 4.69) is 43.0 Å². The van der Waals surface area contributed by atoms with E-state index in [1.807, 2.05) is 0 Å². The van der Waals surface area contributed by atoms with Crippen LogP contribution in [-0.2, 0) is 0 Å². The molecule has 1 atom stereocenters. The van der Waals surface area contributed by atoms with E-state index in [-0.39, 0.29) is 0 Å². The quantitative estimate of drug-likeness (QED) is 0.161. The second kappa shape index (κ2) is 20.3. The van der Waals surface area contributed by atoms with Crippen molar-refractivity contribution in [1.82, 2.24) is 9.80 Å². The van der Waals surface area contributed by atoms with Gasteiger partial charge in [0.1, 0.15) is 6.17 Å². The molecule has 0 aliphatic carbocycles. The van der Waals surface area contributed by atoms with Crippen LogP contribution in [0.25, 0.3) is 0 Å². The molecule has 2 heteroatoms. The molecule has 0 amide bonds. The van der Waals surface area contributed by atoms with E-state index < -0.39 is 0 Å². The first kappa shape index (κ1) is 27.4. The largest absolute Gasteiger partial charge is 0.356 e.